The second kappa shape index (κ2) is 7.88. The second-order valence-corrected chi connectivity index (χ2v) is 7.71. The normalized spacial score (nSPS) is 17.0. The molecular formula is C21H20N2O3S. The first-order chi connectivity index (χ1) is 13.2. The molecule has 2 heterocycles. The Hall–Kier alpha value is -2.73. The largest absolute Gasteiger partial charge is 0.483 e. The number of fused-ring (bicyclic) bond motifs is 1. The van der Waals surface area contributed by atoms with Gasteiger partial charge in [0.2, 0.25) is 0 Å². The maximum Gasteiger partial charge on any atom is 0.260 e. The zero-order chi connectivity index (χ0) is 18.6. The number of hydrogen-bond acceptors (Lipinski definition) is 5. The van der Waals surface area contributed by atoms with E-state index in [0.29, 0.717) is 17.9 Å². The quantitative estimate of drug-likeness (QED) is 0.630. The fraction of sp³-hybridized carbons (Fsp3) is 0.286. The number of thiazole rings is 1. The highest BCUT2D eigenvalue weighted by atomic mass is 32.1. The number of benzene rings is 2. The predicted molar refractivity (Wildman–Crippen MR) is 105 cm³/mol. The van der Waals surface area contributed by atoms with Crippen molar-refractivity contribution < 1.29 is 14.3 Å². The summed E-state index contributed by atoms with van der Waals surface area (Å²) in [5.41, 5.74) is 1.48. The van der Waals surface area contributed by atoms with Crippen molar-refractivity contribution in [2.24, 2.45) is 0 Å². The number of piperidine rings is 1. The first-order valence-electron chi connectivity index (χ1n) is 9.05. The molecule has 4 rings (SSSR count). The summed E-state index contributed by atoms with van der Waals surface area (Å²) in [7, 11) is 0. The van der Waals surface area contributed by atoms with E-state index in [1.54, 1.807) is 35.6 Å². The third-order valence-corrected chi connectivity index (χ3v) is 6.03. The Morgan fingerprint density at radius 2 is 2.04 bits per heavy atom. The van der Waals surface area contributed by atoms with E-state index in [1.165, 1.54) is 4.70 Å². The third kappa shape index (κ3) is 3.85. The van der Waals surface area contributed by atoms with Gasteiger partial charge in [0.1, 0.15) is 5.75 Å². The maximum atomic E-state index is 12.6. The molecule has 0 N–H and O–H groups in total. The van der Waals surface area contributed by atoms with Gasteiger partial charge in [0.05, 0.1) is 20.8 Å². The molecule has 27 heavy (non-hydrogen) atoms. The summed E-state index contributed by atoms with van der Waals surface area (Å²) in [4.78, 5) is 30.3. The van der Waals surface area contributed by atoms with E-state index in [1.807, 2.05) is 23.1 Å². The number of ether oxygens (including phenoxy) is 1. The Kier molecular flexibility index (Phi) is 5.16. The van der Waals surface area contributed by atoms with Gasteiger partial charge in [-0.15, -0.1) is 11.3 Å². The van der Waals surface area contributed by atoms with Crippen LogP contribution >= 0.6 is 11.3 Å². The van der Waals surface area contributed by atoms with Crippen molar-refractivity contribution in [3.05, 3.63) is 59.1 Å². The highest BCUT2D eigenvalue weighted by Gasteiger charge is 2.27. The number of carbonyl (C=O) groups is 2. The van der Waals surface area contributed by atoms with Crippen molar-refractivity contribution >= 4 is 33.7 Å². The molecule has 1 aromatic heterocycles. The lowest BCUT2D eigenvalue weighted by molar-refractivity contribution is -0.134. The van der Waals surface area contributed by atoms with Crippen LogP contribution in [0, 0.1) is 0 Å². The molecular weight excluding hydrogens is 360 g/mol. The predicted octanol–water partition coefficient (Wildman–Crippen LogP) is 3.89. The minimum absolute atomic E-state index is 0.0542. The molecule has 6 heteroatoms. The van der Waals surface area contributed by atoms with Crippen molar-refractivity contribution in [1.29, 1.82) is 0 Å². The van der Waals surface area contributed by atoms with E-state index >= 15 is 0 Å². The van der Waals surface area contributed by atoms with E-state index in [-0.39, 0.29) is 18.4 Å². The van der Waals surface area contributed by atoms with Crippen LogP contribution in [-0.2, 0) is 4.79 Å². The lowest BCUT2D eigenvalue weighted by Gasteiger charge is -2.31. The highest BCUT2D eigenvalue weighted by molar-refractivity contribution is 7.18. The van der Waals surface area contributed by atoms with Crippen molar-refractivity contribution in [2.45, 2.75) is 18.8 Å². The number of rotatable bonds is 5. The molecule has 2 aromatic carbocycles. The summed E-state index contributed by atoms with van der Waals surface area (Å²) in [5.74, 6) is 0.657. The van der Waals surface area contributed by atoms with Crippen LogP contribution in [0.4, 0.5) is 0 Å². The number of aromatic nitrogens is 1. The summed E-state index contributed by atoms with van der Waals surface area (Å²) < 4.78 is 6.78. The van der Waals surface area contributed by atoms with Crippen molar-refractivity contribution in [1.82, 2.24) is 9.88 Å². The number of aldehydes is 1. The van der Waals surface area contributed by atoms with Crippen LogP contribution in [0.3, 0.4) is 0 Å². The van der Waals surface area contributed by atoms with Gasteiger partial charge >= 0.3 is 0 Å². The Bertz CT molecular complexity index is 936. The van der Waals surface area contributed by atoms with Crippen LogP contribution in [0.25, 0.3) is 10.2 Å². The SMILES string of the molecule is O=Cc1ccccc1OCC(=O)N1CCC[C@@H](c2nc3ccccc3s2)C1. The van der Waals surface area contributed by atoms with Crippen LogP contribution in [0.5, 0.6) is 5.75 Å². The Balaban J connectivity index is 1.41. The number of likely N-dealkylation sites (tertiary alicyclic amines) is 1. The first-order valence-corrected chi connectivity index (χ1v) is 9.86. The smallest absolute Gasteiger partial charge is 0.260 e. The Morgan fingerprint density at radius 1 is 1.22 bits per heavy atom. The van der Waals surface area contributed by atoms with E-state index in [4.69, 9.17) is 9.72 Å². The zero-order valence-corrected chi connectivity index (χ0v) is 15.7. The molecule has 0 saturated carbocycles. The van der Waals surface area contributed by atoms with E-state index in [9.17, 15) is 9.59 Å². The molecule has 1 saturated heterocycles. The van der Waals surface area contributed by atoms with Crippen molar-refractivity contribution in [3.63, 3.8) is 0 Å². The molecule has 1 fully saturated rings. The summed E-state index contributed by atoms with van der Waals surface area (Å²) >= 11 is 1.71. The monoisotopic (exact) mass is 380 g/mol. The minimum atomic E-state index is -0.0581. The van der Waals surface area contributed by atoms with Gasteiger partial charge in [0.15, 0.2) is 12.9 Å². The lowest BCUT2D eigenvalue weighted by atomic mass is 9.99. The number of nitrogens with zero attached hydrogens (tertiary/aromatic N) is 2. The number of carbonyl (C=O) groups excluding carboxylic acids is 2. The molecule has 138 valence electrons. The molecule has 1 amide bonds. The fourth-order valence-electron chi connectivity index (χ4n) is 3.41. The fourth-order valence-corrected chi connectivity index (χ4v) is 4.50. The van der Waals surface area contributed by atoms with Gasteiger partial charge in [-0.2, -0.15) is 0 Å². The van der Waals surface area contributed by atoms with E-state index in [2.05, 4.69) is 6.07 Å². The van der Waals surface area contributed by atoms with Crippen molar-refractivity contribution in [3.8, 4) is 5.75 Å². The number of para-hydroxylation sites is 2. The second-order valence-electron chi connectivity index (χ2n) is 6.64. The molecule has 1 aliphatic heterocycles. The van der Waals surface area contributed by atoms with Gasteiger partial charge in [-0.1, -0.05) is 24.3 Å². The van der Waals surface area contributed by atoms with Gasteiger partial charge in [-0.05, 0) is 37.1 Å². The summed E-state index contributed by atoms with van der Waals surface area (Å²) in [6.45, 7) is 1.34. The van der Waals surface area contributed by atoms with Gasteiger partial charge in [0.25, 0.3) is 5.91 Å². The maximum absolute atomic E-state index is 12.6. The summed E-state index contributed by atoms with van der Waals surface area (Å²) in [6, 6.07) is 15.1. The molecule has 1 aliphatic rings. The lowest BCUT2D eigenvalue weighted by Crippen LogP contribution is -2.41. The van der Waals surface area contributed by atoms with Gasteiger partial charge in [0, 0.05) is 19.0 Å². The molecule has 0 spiro atoms. The first kappa shape index (κ1) is 17.7. The Labute approximate surface area is 161 Å². The summed E-state index contributed by atoms with van der Waals surface area (Å²) in [5, 5.41) is 1.10. The van der Waals surface area contributed by atoms with Crippen LogP contribution < -0.4 is 4.74 Å². The molecule has 0 aliphatic carbocycles. The molecule has 0 bridgehead atoms. The third-order valence-electron chi connectivity index (χ3n) is 4.83. The number of hydrogen-bond donors (Lipinski definition) is 0. The average molecular weight is 380 g/mol. The Morgan fingerprint density at radius 3 is 2.89 bits per heavy atom. The molecule has 3 aromatic rings. The van der Waals surface area contributed by atoms with E-state index in [0.717, 1.165) is 36.2 Å². The highest BCUT2D eigenvalue weighted by Crippen LogP contribution is 2.33. The van der Waals surface area contributed by atoms with Gasteiger partial charge in [-0.25, -0.2) is 4.98 Å². The van der Waals surface area contributed by atoms with Crippen LogP contribution in [0.15, 0.2) is 48.5 Å². The van der Waals surface area contributed by atoms with Crippen LogP contribution in [-0.4, -0.2) is 41.8 Å². The number of amides is 1. The molecule has 5 nitrogen and oxygen atoms in total. The zero-order valence-electron chi connectivity index (χ0n) is 14.8. The van der Waals surface area contributed by atoms with Crippen LogP contribution in [0.2, 0.25) is 0 Å². The van der Waals surface area contributed by atoms with Gasteiger partial charge < -0.3 is 9.64 Å². The van der Waals surface area contributed by atoms with E-state index < -0.39 is 0 Å². The van der Waals surface area contributed by atoms with Crippen molar-refractivity contribution in [2.75, 3.05) is 19.7 Å². The molecule has 0 radical (unpaired) electrons. The molecule has 1 atom stereocenters. The standard InChI is InChI=1S/C21H20N2O3S/c24-13-16-6-1-3-9-18(16)26-14-20(25)23-11-5-7-15(12-23)21-22-17-8-2-4-10-19(17)27-21/h1-4,6,8-10,13,15H,5,7,11-12,14H2/t15-/m1/s1. The summed E-state index contributed by atoms with van der Waals surface area (Å²) in [6.07, 6.45) is 2.74. The average Bonchev–Trinajstić information content (AvgIpc) is 3.16. The topological polar surface area (TPSA) is 59.5 Å². The minimum Gasteiger partial charge on any atom is -0.483 e. The van der Waals surface area contributed by atoms with Gasteiger partial charge in [-0.3, -0.25) is 9.59 Å². The molecule has 0 unspecified atom stereocenters. The van der Waals surface area contributed by atoms with Crippen LogP contribution in [0.1, 0.15) is 34.1 Å².